The summed E-state index contributed by atoms with van der Waals surface area (Å²) in [6.45, 7) is 1.97. The standard InChI is InChI=1S/C21H21NO6/c1-14-17-12-16(25-2)8-9-18(17)28-20(14)21(24)27-13-19(23)22-10-11-26-15-6-4-3-5-7-15/h3-9,12H,10-11,13H2,1-2H3,(H,22,23). The topological polar surface area (TPSA) is 87.0 Å². The van der Waals surface area contributed by atoms with Crippen LogP contribution < -0.4 is 14.8 Å². The second-order valence-corrected chi connectivity index (χ2v) is 6.01. The van der Waals surface area contributed by atoms with Gasteiger partial charge in [-0.1, -0.05) is 18.2 Å². The SMILES string of the molecule is COc1ccc2oc(C(=O)OCC(=O)NCCOc3ccccc3)c(C)c2c1. The van der Waals surface area contributed by atoms with E-state index in [9.17, 15) is 9.59 Å². The van der Waals surface area contributed by atoms with E-state index in [1.165, 1.54) is 0 Å². The zero-order chi connectivity index (χ0) is 19.9. The van der Waals surface area contributed by atoms with Crippen molar-refractivity contribution in [2.75, 3.05) is 26.9 Å². The van der Waals surface area contributed by atoms with Gasteiger partial charge in [0.1, 0.15) is 23.7 Å². The molecule has 3 rings (SSSR count). The first-order valence-corrected chi connectivity index (χ1v) is 8.77. The van der Waals surface area contributed by atoms with Crippen molar-refractivity contribution in [3.05, 3.63) is 59.9 Å². The molecule has 7 nitrogen and oxygen atoms in total. The smallest absolute Gasteiger partial charge is 0.375 e. The van der Waals surface area contributed by atoms with Gasteiger partial charge < -0.3 is 23.9 Å². The number of carbonyl (C=O) groups excluding carboxylic acids is 2. The van der Waals surface area contributed by atoms with Crippen LogP contribution in [0.4, 0.5) is 0 Å². The molecule has 0 unspecified atom stereocenters. The summed E-state index contributed by atoms with van der Waals surface area (Å²) in [4.78, 5) is 24.1. The number of benzene rings is 2. The fraction of sp³-hybridized carbons (Fsp3) is 0.238. The van der Waals surface area contributed by atoms with Crippen molar-refractivity contribution in [1.82, 2.24) is 5.32 Å². The van der Waals surface area contributed by atoms with Crippen LogP contribution in [-0.2, 0) is 9.53 Å². The Balaban J connectivity index is 1.47. The fourth-order valence-electron chi connectivity index (χ4n) is 2.65. The molecule has 7 heteroatoms. The maximum absolute atomic E-state index is 12.3. The summed E-state index contributed by atoms with van der Waals surface area (Å²) in [5, 5.41) is 3.39. The summed E-state index contributed by atoms with van der Waals surface area (Å²) in [6.07, 6.45) is 0. The molecule has 28 heavy (non-hydrogen) atoms. The van der Waals surface area contributed by atoms with Crippen LogP contribution in [0.2, 0.25) is 0 Å². The molecule has 146 valence electrons. The highest BCUT2D eigenvalue weighted by molar-refractivity contribution is 5.97. The van der Waals surface area contributed by atoms with Crippen LogP contribution >= 0.6 is 0 Å². The summed E-state index contributed by atoms with van der Waals surface area (Å²) in [5.74, 6) is 0.348. The summed E-state index contributed by atoms with van der Waals surface area (Å²) in [5.41, 5.74) is 1.18. The number of hydrogen-bond donors (Lipinski definition) is 1. The molecule has 0 aliphatic carbocycles. The molecule has 2 aromatic carbocycles. The molecule has 3 aromatic rings. The Morgan fingerprint density at radius 1 is 1.07 bits per heavy atom. The number of aryl methyl sites for hydroxylation is 1. The van der Waals surface area contributed by atoms with Gasteiger partial charge in [-0.15, -0.1) is 0 Å². The third-order valence-corrected chi connectivity index (χ3v) is 4.10. The number of carbonyl (C=O) groups is 2. The van der Waals surface area contributed by atoms with Gasteiger partial charge in [-0.05, 0) is 37.3 Å². The summed E-state index contributed by atoms with van der Waals surface area (Å²) in [7, 11) is 1.56. The lowest BCUT2D eigenvalue weighted by molar-refractivity contribution is -0.124. The monoisotopic (exact) mass is 383 g/mol. The zero-order valence-electron chi connectivity index (χ0n) is 15.7. The minimum atomic E-state index is -0.691. The molecule has 0 saturated carbocycles. The molecule has 0 radical (unpaired) electrons. The Hall–Kier alpha value is -3.48. The molecule has 1 aromatic heterocycles. The van der Waals surface area contributed by atoms with Crippen LogP contribution in [0.25, 0.3) is 11.0 Å². The Labute approximate surface area is 162 Å². The molecule has 0 aliphatic heterocycles. The van der Waals surface area contributed by atoms with E-state index in [0.717, 1.165) is 11.1 Å². The van der Waals surface area contributed by atoms with Crippen LogP contribution in [0.1, 0.15) is 16.1 Å². The van der Waals surface area contributed by atoms with Crippen molar-refractivity contribution < 1.29 is 28.2 Å². The van der Waals surface area contributed by atoms with E-state index in [4.69, 9.17) is 18.6 Å². The van der Waals surface area contributed by atoms with Gasteiger partial charge in [0.05, 0.1) is 13.7 Å². The molecule has 0 aliphatic rings. The average Bonchev–Trinajstić information content (AvgIpc) is 3.06. The third kappa shape index (κ3) is 4.62. The van der Waals surface area contributed by atoms with E-state index >= 15 is 0 Å². The molecule has 1 heterocycles. The first-order chi connectivity index (χ1) is 13.6. The van der Waals surface area contributed by atoms with E-state index in [2.05, 4.69) is 5.32 Å². The lowest BCUT2D eigenvalue weighted by atomic mass is 10.1. The predicted molar refractivity (Wildman–Crippen MR) is 103 cm³/mol. The van der Waals surface area contributed by atoms with Gasteiger partial charge in [-0.2, -0.15) is 0 Å². The summed E-state index contributed by atoms with van der Waals surface area (Å²) < 4.78 is 21.3. The Morgan fingerprint density at radius 2 is 1.86 bits per heavy atom. The van der Waals surface area contributed by atoms with Gasteiger partial charge in [-0.3, -0.25) is 4.79 Å². The average molecular weight is 383 g/mol. The second-order valence-electron chi connectivity index (χ2n) is 6.01. The number of rotatable bonds is 8. The number of nitrogens with one attached hydrogen (secondary N) is 1. The number of para-hydroxylation sites is 1. The highest BCUT2D eigenvalue weighted by Crippen LogP contribution is 2.29. The van der Waals surface area contributed by atoms with Gasteiger partial charge in [0.25, 0.3) is 5.91 Å². The summed E-state index contributed by atoms with van der Waals surface area (Å²) >= 11 is 0. The van der Waals surface area contributed by atoms with Crippen LogP contribution in [0.3, 0.4) is 0 Å². The molecule has 0 atom stereocenters. The maximum atomic E-state index is 12.3. The number of furan rings is 1. The van der Waals surface area contributed by atoms with Gasteiger partial charge in [-0.25, -0.2) is 4.79 Å². The van der Waals surface area contributed by atoms with E-state index in [-0.39, 0.29) is 5.76 Å². The van der Waals surface area contributed by atoms with E-state index in [0.29, 0.717) is 30.0 Å². The van der Waals surface area contributed by atoms with Gasteiger partial charge >= 0.3 is 5.97 Å². The number of hydrogen-bond acceptors (Lipinski definition) is 6. The normalized spacial score (nSPS) is 10.5. The van der Waals surface area contributed by atoms with Crippen molar-refractivity contribution in [2.24, 2.45) is 0 Å². The van der Waals surface area contributed by atoms with Gasteiger partial charge in [0.15, 0.2) is 6.61 Å². The van der Waals surface area contributed by atoms with Crippen molar-refractivity contribution in [1.29, 1.82) is 0 Å². The quantitative estimate of drug-likeness (QED) is 0.475. The van der Waals surface area contributed by atoms with E-state index in [1.807, 2.05) is 30.3 Å². The molecular formula is C21H21NO6. The number of esters is 1. The number of methoxy groups -OCH3 is 1. The minimum Gasteiger partial charge on any atom is -0.497 e. The molecule has 0 saturated heterocycles. The molecule has 0 fully saturated rings. The number of fused-ring (bicyclic) bond motifs is 1. The Kier molecular flexibility index (Phi) is 6.16. The Morgan fingerprint density at radius 3 is 2.61 bits per heavy atom. The minimum absolute atomic E-state index is 0.0727. The van der Waals surface area contributed by atoms with Crippen molar-refractivity contribution >= 4 is 22.8 Å². The lowest BCUT2D eigenvalue weighted by Gasteiger charge is -2.08. The van der Waals surface area contributed by atoms with Crippen LogP contribution in [0.5, 0.6) is 11.5 Å². The predicted octanol–water partition coefficient (Wildman–Crippen LogP) is 3.10. The Bertz CT molecular complexity index is 964. The summed E-state index contributed by atoms with van der Waals surface area (Å²) in [6, 6.07) is 14.5. The van der Waals surface area contributed by atoms with Crippen LogP contribution in [0, 0.1) is 6.92 Å². The largest absolute Gasteiger partial charge is 0.497 e. The van der Waals surface area contributed by atoms with Crippen molar-refractivity contribution in [3.63, 3.8) is 0 Å². The molecular weight excluding hydrogens is 362 g/mol. The highest BCUT2D eigenvalue weighted by Gasteiger charge is 2.20. The van der Waals surface area contributed by atoms with Crippen LogP contribution in [-0.4, -0.2) is 38.7 Å². The second kappa shape index (κ2) is 8.94. The zero-order valence-corrected chi connectivity index (χ0v) is 15.7. The molecule has 0 spiro atoms. The molecule has 1 N–H and O–H groups in total. The highest BCUT2D eigenvalue weighted by atomic mass is 16.5. The number of ether oxygens (including phenoxy) is 3. The molecule has 0 bridgehead atoms. The van der Waals surface area contributed by atoms with Crippen molar-refractivity contribution in [2.45, 2.75) is 6.92 Å². The lowest BCUT2D eigenvalue weighted by Crippen LogP contribution is -2.32. The fourth-order valence-corrected chi connectivity index (χ4v) is 2.65. The first kappa shape index (κ1) is 19.3. The maximum Gasteiger partial charge on any atom is 0.375 e. The van der Waals surface area contributed by atoms with Crippen LogP contribution in [0.15, 0.2) is 52.9 Å². The van der Waals surface area contributed by atoms with Crippen molar-refractivity contribution in [3.8, 4) is 11.5 Å². The number of amides is 1. The third-order valence-electron chi connectivity index (χ3n) is 4.10. The van der Waals surface area contributed by atoms with Gasteiger partial charge in [0, 0.05) is 10.9 Å². The van der Waals surface area contributed by atoms with E-state index < -0.39 is 18.5 Å². The van der Waals surface area contributed by atoms with E-state index in [1.54, 1.807) is 32.2 Å². The van der Waals surface area contributed by atoms with Gasteiger partial charge in [0.2, 0.25) is 5.76 Å². The first-order valence-electron chi connectivity index (χ1n) is 8.77. The molecule has 1 amide bonds.